The van der Waals surface area contributed by atoms with E-state index in [0.29, 0.717) is 30.1 Å². The number of hydrogen-bond donors (Lipinski definition) is 2. The van der Waals surface area contributed by atoms with Crippen LogP contribution in [0.5, 0.6) is 5.75 Å². The van der Waals surface area contributed by atoms with E-state index in [1.165, 1.54) is 10.7 Å². The monoisotopic (exact) mass is 563 g/mol. The minimum absolute atomic E-state index is 0.0593. The zero-order valence-corrected chi connectivity index (χ0v) is 22.2. The molecule has 0 spiro atoms. The van der Waals surface area contributed by atoms with E-state index in [-0.39, 0.29) is 22.7 Å². The minimum atomic E-state index is -4.47. The molecule has 39 heavy (non-hydrogen) atoms. The number of methoxy groups -OCH3 is 1. The zero-order chi connectivity index (χ0) is 27.7. The standard InChI is InChI=1S/C25H28F3N7O3S/c1-15-11-22(25(26,27)28)32-34(15)10-9-33-7-5-16(6-8-33)24-31-19(14-39-24)23-29-12-17-18(13-30-23)21(38-2)4-3-20(17)35(36)37/h3-4,9-11,14,16,23,29-30H,5-8,12-13H2,1-2H3. The van der Waals surface area contributed by atoms with Crippen LogP contribution < -0.4 is 15.4 Å². The van der Waals surface area contributed by atoms with Gasteiger partial charge in [0.2, 0.25) is 0 Å². The van der Waals surface area contributed by atoms with E-state index in [1.807, 2.05) is 5.38 Å². The Morgan fingerprint density at radius 3 is 2.54 bits per heavy atom. The number of hydrogen-bond acceptors (Lipinski definition) is 9. The van der Waals surface area contributed by atoms with Gasteiger partial charge >= 0.3 is 6.18 Å². The molecule has 208 valence electrons. The van der Waals surface area contributed by atoms with Gasteiger partial charge in [0.05, 0.1) is 28.3 Å². The van der Waals surface area contributed by atoms with Gasteiger partial charge in [-0.05, 0) is 31.9 Å². The van der Waals surface area contributed by atoms with Crippen molar-refractivity contribution in [3.8, 4) is 5.75 Å². The predicted octanol–water partition coefficient (Wildman–Crippen LogP) is 4.78. The second kappa shape index (κ2) is 10.9. The van der Waals surface area contributed by atoms with Crippen molar-refractivity contribution in [3.05, 3.63) is 73.1 Å². The van der Waals surface area contributed by atoms with Crippen LogP contribution in [-0.4, -0.2) is 44.8 Å². The largest absolute Gasteiger partial charge is 0.496 e. The molecule has 0 aliphatic carbocycles. The molecule has 5 rings (SSSR count). The van der Waals surface area contributed by atoms with Crippen LogP contribution in [0.2, 0.25) is 0 Å². The Kier molecular flexibility index (Phi) is 7.60. The van der Waals surface area contributed by atoms with Crippen molar-refractivity contribution in [1.82, 2.24) is 30.3 Å². The van der Waals surface area contributed by atoms with Gasteiger partial charge in [-0.25, -0.2) is 9.67 Å². The molecular weight excluding hydrogens is 535 g/mol. The maximum absolute atomic E-state index is 12.9. The van der Waals surface area contributed by atoms with E-state index in [9.17, 15) is 23.3 Å². The van der Waals surface area contributed by atoms with Crippen molar-refractivity contribution in [1.29, 1.82) is 0 Å². The van der Waals surface area contributed by atoms with Crippen LogP contribution in [-0.2, 0) is 19.3 Å². The Bertz CT molecular complexity index is 1380. The van der Waals surface area contributed by atoms with E-state index >= 15 is 0 Å². The van der Waals surface area contributed by atoms with Crippen LogP contribution in [0.3, 0.4) is 0 Å². The number of likely N-dealkylation sites (tertiary alicyclic amines) is 1. The van der Waals surface area contributed by atoms with Gasteiger partial charge in [0, 0.05) is 67.2 Å². The molecule has 2 aromatic heterocycles. The summed E-state index contributed by atoms with van der Waals surface area (Å²) in [5.41, 5.74) is 1.77. The molecule has 0 radical (unpaired) electrons. The summed E-state index contributed by atoms with van der Waals surface area (Å²) in [5.74, 6) is 0.884. The molecule has 2 N–H and O–H groups in total. The summed E-state index contributed by atoms with van der Waals surface area (Å²) < 4.78 is 45.4. The smallest absolute Gasteiger partial charge is 0.435 e. The number of fused-ring (bicyclic) bond motifs is 1. The molecule has 14 heteroatoms. The molecule has 2 aliphatic rings. The Labute approximate surface area is 226 Å². The first-order chi connectivity index (χ1) is 18.6. The maximum Gasteiger partial charge on any atom is 0.435 e. The Morgan fingerprint density at radius 1 is 1.18 bits per heavy atom. The molecule has 0 amide bonds. The lowest BCUT2D eigenvalue weighted by Gasteiger charge is -2.30. The molecule has 0 bridgehead atoms. The fourth-order valence-corrected chi connectivity index (χ4v) is 5.97. The van der Waals surface area contributed by atoms with E-state index in [0.717, 1.165) is 48.3 Å². The molecule has 1 fully saturated rings. The number of nitrogens with zero attached hydrogens (tertiary/aromatic N) is 5. The summed E-state index contributed by atoms with van der Waals surface area (Å²) in [7, 11) is 1.55. The lowest BCUT2D eigenvalue weighted by atomic mass is 9.98. The molecule has 0 saturated carbocycles. The zero-order valence-electron chi connectivity index (χ0n) is 21.4. The highest BCUT2D eigenvalue weighted by Crippen LogP contribution is 2.35. The number of aryl methyl sites for hydroxylation is 1. The van der Waals surface area contributed by atoms with Crippen molar-refractivity contribution in [3.63, 3.8) is 0 Å². The first kappa shape index (κ1) is 27.1. The van der Waals surface area contributed by atoms with Crippen molar-refractivity contribution in [2.45, 2.75) is 51.1 Å². The van der Waals surface area contributed by atoms with Gasteiger partial charge in [-0.2, -0.15) is 18.3 Å². The molecular formula is C25H28F3N7O3S. The number of nitrogens with one attached hydrogen (secondary N) is 2. The number of rotatable bonds is 6. The van der Waals surface area contributed by atoms with Crippen molar-refractivity contribution < 1.29 is 22.8 Å². The third-order valence-electron chi connectivity index (χ3n) is 7.09. The van der Waals surface area contributed by atoms with E-state index < -0.39 is 11.9 Å². The Balaban J connectivity index is 1.20. The van der Waals surface area contributed by atoms with E-state index in [4.69, 9.17) is 9.72 Å². The summed E-state index contributed by atoms with van der Waals surface area (Å²) in [4.78, 5) is 18.1. The predicted molar refractivity (Wildman–Crippen MR) is 139 cm³/mol. The SMILES string of the molecule is COc1ccc([N+](=O)[O-])c2c1CNC(c1csc(C3CCN(C=Cn4nc(C(F)(F)F)cc4C)CC3)n1)NC2. The third kappa shape index (κ3) is 5.77. The average Bonchev–Trinajstić information content (AvgIpc) is 3.48. The lowest BCUT2D eigenvalue weighted by molar-refractivity contribution is -0.385. The highest BCUT2D eigenvalue weighted by molar-refractivity contribution is 7.09. The second-order valence-corrected chi connectivity index (χ2v) is 10.4. The minimum Gasteiger partial charge on any atom is -0.496 e. The number of benzene rings is 1. The van der Waals surface area contributed by atoms with Gasteiger partial charge in [0.1, 0.15) is 11.9 Å². The van der Waals surface area contributed by atoms with Crippen LogP contribution in [0, 0.1) is 17.0 Å². The number of alkyl halides is 3. The lowest BCUT2D eigenvalue weighted by Crippen LogP contribution is -2.31. The van der Waals surface area contributed by atoms with E-state index in [1.54, 1.807) is 43.8 Å². The van der Waals surface area contributed by atoms with Gasteiger partial charge in [-0.15, -0.1) is 11.3 Å². The Hall–Kier alpha value is -3.49. The van der Waals surface area contributed by atoms with Crippen molar-refractivity contribution in [2.75, 3.05) is 20.2 Å². The van der Waals surface area contributed by atoms with E-state index in [2.05, 4.69) is 20.6 Å². The van der Waals surface area contributed by atoms with Crippen LogP contribution in [0.15, 0.2) is 29.8 Å². The normalized spacial score (nSPS) is 18.8. The summed E-state index contributed by atoms with van der Waals surface area (Å²) in [6.45, 7) is 3.80. The molecule has 1 saturated heterocycles. The Morgan fingerprint density at radius 2 is 1.90 bits per heavy atom. The number of halogens is 3. The van der Waals surface area contributed by atoms with Crippen LogP contribution >= 0.6 is 11.3 Å². The van der Waals surface area contributed by atoms with Crippen LogP contribution in [0.4, 0.5) is 18.9 Å². The number of piperidine rings is 1. The topological polar surface area (TPSA) is 110 Å². The van der Waals surface area contributed by atoms with Crippen LogP contribution in [0.1, 0.15) is 58.1 Å². The number of nitro benzene ring substituents is 1. The molecule has 4 heterocycles. The number of ether oxygens (including phenoxy) is 1. The molecule has 3 aromatic rings. The van der Waals surface area contributed by atoms with Crippen molar-refractivity contribution >= 4 is 23.2 Å². The number of thiazole rings is 1. The number of aromatic nitrogens is 3. The molecule has 2 aliphatic heterocycles. The second-order valence-electron chi connectivity index (χ2n) is 9.53. The first-order valence-electron chi connectivity index (χ1n) is 12.4. The van der Waals surface area contributed by atoms with Gasteiger partial charge in [0.15, 0.2) is 5.69 Å². The first-order valence-corrected chi connectivity index (χ1v) is 13.3. The summed E-state index contributed by atoms with van der Waals surface area (Å²) in [5, 5.41) is 25.0. The van der Waals surface area contributed by atoms with Gasteiger partial charge in [-0.1, -0.05) is 0 Å². The molecule has 10 nitrogen and oxygen atoms in total. The third-order valence-corrected chi connectivity index (χ3v) is 8.12. The summed E-state index contributed by atoms with van der Waals surface area (Å²) in [6, 6.07) is 4.13. The fraction of sp³-hybridized carbons (Fsp3) is 0.440. The van der Waals surface area contributed by atoms with Crippen molar-refractivity contribution in [2.24, 2.45) is 0 Å². The highest BCUT2D eigenvalue weighted by atomic mass is 32.1. The fourth-order valence-electron chi connectivity index (χ4n) is 4.95. The highest BCUT2D eigenvalue weighted by Gasteiger charge is 2.34. The summed E-state index contributed by atoms with van der Waals surface area (Å²) >= 11 is 1.59. The van der Waals surface area contributed by atoms with Gasteiger partial charge in [-0.3, -0.25) is 20.7 Å². The van der Waals surface area contributed by atoms with Gasteiger partial charge in [0.25, 0.3) is 5.69 Å². The van der Waals surface area contributed by atoms with Crippen LogP contribution in [0.25, 0.3) is 6.20 Å². The van der Waals surface area contributed by atoms with Gasteiger partial charge < -0.3 is 9.64 Å². The average molecular weight is 564 g/mol. The number of nitro groups is 1. The quantitative estimate of drug-likeness (QED) is 0.326. The molecule has 1 atom stereocenters. The molecule has 1 aromatic carbocycles. The summed E-state index contributed by atoms with van der Waals surface area (Å²) in [6.07, 6.45) is 0.341. The maximum atomic E-state index is 12.9. The molecule has 1 unspecified atom stereocenters.